The minimum Gasteiger partial charge on any atom is -0.322 e. The molecule has 1 amide bonds. The van der Waals surface area contributed by atoms with Crippen LogP contribution in [0, 0.1) is 6.92 Å². The molecule has 1 saturated heterocycles. The smallest absolute Gasteiger partial charge is 0.322 e. The number of halogens is 3. The number of hydrazone groups is 1. The number of hydrogen-bond donors (Lipinski definition) is 3. The molecule has 1 aliphatic heterocycles. The lowest BCUT2D eigenvalue weighted by atomic mass is 10.1. The first-order valence-electron chi connectivity index (χ1n) is 10.0. The second-order valence-corrected chi connectivity index (χ2v) is 7.72. The van der Waals surface area contributed by atoms with Crippen LogP contribution in [0.5, 0.6) is 0 Å². The van der Waals surface area contributed by atoms with Crippen molar-refractivity contribution in [2.75, 3.05) is 32.7 Å². The van der Waals surface area contributed by atoms with Gasteiger partial charge in [0.25, 0.3) is 5.91 Å². The Kier molecular flexibility index (Phi) is 7.23. The fraction of sp³-hybridized carbons (Fsp3) is 0.364. The molecule has 3 rings (SSSR count). The average molecular weight is 420 g/mol. The van der Waals surface area contributed by atoms with Gasteiger partial charge < -0.3 is 9.80 Å². The summed E-state index contributed by atoms with van der Waals surface area (Å²) >= 11 is 0. The van der Waals surface area contributed by atoms with Crippen molar-refractivity contribution in [3.05, 3.63) is 70.8 Å². The number of benzene rings is 2. The van der Waals surface area contributed by atoms with E-state index in [-0.39, 0.29) is 18.0 Å². The number of alkyl halides is 3. The lowest BCUT2D eigenvalue weighted by molar-refractivity contribution is -1.02. The largest absolute Gasteiger partial charge is 0.417 e. The molecular formula is C22H27F3N4O+2. The Labute approximate surface area is 174 Å². The van der Waals surface area contributed by atoms with Crippen LogP contribution >= 0.6 is 0 Å². The van der Waals surface area contributed by atoms with E-state index in [1.807, 2.05) is 0 Å². The van der Waals surface area contributed by atoms with E-state index in [0.29, 0.717) is 0 Å². The minimum atomic E-state index is -4.46. The highest BCUT2D eigenvalue weighted by Crippen LogP contribution is 2.30. The maximum Gasteiger partial charge on any atom is 0.417 e. The van der Waals surface area contributed by atoms with Gasteiger partial charge in [0.05, 0.1) is 11.8 Å². The topological polar surface area (TPSA) is 50.3 Å². The Morgan fingerprint density at radius 3 is 2.33 bits per heavy atom. The molecule has 8 heteroatoms. The zero-order chi connectivity index (χ0) is 21.6. The van der Waals surface area contributed by atoms with Crippen molar-refractivity contribution in [1.29, 1.82) is 0 Å². The van der Waals surface area contributed by atoms with E-state index < -0.39 is 11.7 Å². The number of hydrogen-bond acceptors (Lipinski definition) is 2. The van der Waals surface area contributed by atoms with Crippen molar-refractivity contribution in [2.45, 2.75) is 19.6 Å². The van der Waals surface area contributed by atoms with E-state index in [1.54, 1.807) is 0 Å². The first-order chi connectivity index (χ1) is 14.3. The van der Waals surface area contributed by atoms with Crippen LogP contribution in [0.4, 0.5) is 13.2 Å². The predicted octanol–water partition coefficient (Wildman–Crippen LogP) is 0.448. The zero-order valence-electron chi connectivity index (χ0n) is 16.9. The quantitative estimate of drug-likeness (QED) is 0.461. The summed E-state index contributed by atoms with van der Waals surface area (Å²) in [6.45, 7) is 6.99. The fourth-order valence-electron chi connectivity index (χ4n) is 3.61. The van der Waals surface area contributed by atoms with Gasteiger partial charge in [-0.3, -0.25) is 4.79 Å². The van der Waals surface area contributed by atoms with Gasteiger partial charge >= 0.3 is 6.18 Å². The van der Waals surface area contributed by atoms with Crippen LogP contribution in [0.3, 0.4) is 0 Å². The first kappa shape index (κ1) is 22.0. The molecule has 160 valence electrons. The Bertz CT molecular complexity index is 873. The summed E-state index contributed by atoms with van der Waals surface area (Å²) in [6, 6.07) is 13.7. The number of nitrogens with one attached hydrogen (secondary N) is 3. The highest BCUT2D eigenvalue weighted by atomic mass is 19.4. The van der Waals surface area contributed by atoms with Crippen LogP contribution in [0.2, 0.25) is 0 Å². The molecule has 0 aromatic heterocycles. The molecule has 2 aromatic rings. The molecule has 1 fully saturated rings. The van der Waals surface area contributed by atoms with Crippen molar-refractivity contribution >= 4 is 12.1 Å². The molecular weight excluding hydrogens is 393 g/mol. The van der Waals surface area contributed by atoms with Crippen LogP contribution in [-0.2, 0) is 17.5 Å². The Balaban J connectivity index is 1.43. The van der Waals surface area contributed by atoms with E-state index in [0.717, 1.165) is 49.9 Å². The van der Waals surface area contributed by atoms with Crippen LogP contribution < -0.4 is 15.2 Å². The highest BCUT2D eigenvalue weighted by molar-refractivity contribution is 5.84. The van der Waals surface area contributed by atoms with E-state index in [9.17, 15) is 18.0 Å². The molecule has 1 heterocycles. The Morgan fingerprint density at radius 2 is 1.67 bits per heavy atom. The number of nitrogens with zero attached hydrogens (tertiary/aromatic N) is 1. The number of carbonyl (C=O) groups excluding carboxylic acids is 1. The number of amides is 1. The van der Waals surface area contributed by atoms with Crippen molar-refractivity contribution in [3.63, 3.8) is 0 Å². The molecule has 5 nitrogen and oxygen atoms in total. The van der Waals surface area contributed by atoms with Gasteiger partial charge in [0.2, 0.25) is 0 Å². The third kappa shape index (κ3) is 6.40. The van der Waals surface area contributed by atoms with Gasteiger partial charge in [-0.05, 0) is 13.0 Å². The summed E-state index contributed by atoms with van der Waals surface area (Å²) < 4.78 is 38.9. The second kappa shape index (κ2) is 9.86. The second-order valence-electron chi connectivity index (χ2n) is 7.72. The van der Waals surface area contributed by atoms with Gasteiger partial charge in [0.1, 0.15) is 32.7 Å². The van der Waals surface area contributed by atoms with Gasteiger partial charge in [-0.15, -0.1) is 0 Å². The predicted molar refractivity (Wildman–Crippen MR) is 108 cm³/mol. The summed E-state index contributed by atoms with van der Waals surface area (Å²) in [5.41, 5.74) is 4.05. The standard InChI is InChI=1S/C22H25F3N4O/c1-17-6-8-18(9-7-17)15-28-10-12-29(13-11-28)16-21(30)27-26-14-19-4-2-3-5-20(19)22(23,24)25/h2-9,14H,10-13,15-16H2,1H3,(H,27,30)/p+2/b26-14+. The number of quaternary nitrogens is 2. The van der Waals surface area contributed by atoms with Crippen LogP contribution in [0.15, 0.2) is 53.6 Å². The summed E-state index contributed by atoms with van der Waals surface area (Å²) in [7, 11) is 0. The van der Waals surface area contributed by atoms with Gasteiger partial charge in [-0.2, -0.15) is 18.3 Å². The van der Waals surface area contributed by atoms with Gasteiger partial charge in [-0.1, -0.05) is 48.0 Å². The lowest BCUT2D eigenvalue weighted by Gasteiger charge is -2.29. The van der Waals surface area contributed by atoms with E-state index in [2.05, 4.69) is 41.7 Å². The highest BCUT2D eigenvalue weighted by Gasteiger charge is 2.32. The third-order valence-corrected chi connectivity index (χ3v) is 5.31. The van der Waals surface area contributed by atoms with Gasteiger partial charge in [-0.25, -0.2) is 5.43 Å². The first-order valence-corrected chi connectivity index (χ1v) is 10.0. The molecule has 0 unspecified atom stereocenters. The van der Waals surface area contributed by atoms with Gasteiger partial charge in [0, 0.05) is 11.1 Å². The molecule has 2 aromatic carbocycles. The molecule has 0 radical (unpaired) electrons. The molecule has 30 heavy (non-hydrogen) atoms. The van der Waals surface area contributed by atoms with Crippen LogP contribution in [0.25, 0.3) is 0 Å². The van der Waals surface area contributed by atoms with E-state index in [1.165, 1.54) is 34.2 Å². The maximum atomic E-state index is 13.0. The summed E-state index contributed by atoms with van der Waals surface area (Å²) in [5.74, 6) is -0.298. The van der Waals surface area contributed by atoms with E-state index >= 15 is 0 Å². The maximum absolute atomic E-state index is 13.0. The number of piperazine rings is 1. The fourth-order valence-corrected chi connectivity index (χ4v) is 3.61. The molecule has 0 spiro atoms. The van der Waals surface area contributed by atoms with Gasteiger partial charge in [0.15, 0.2) is 6.54 Å². The molecule has 3 N–H and O–H groups in total. The lowest BCUT2D eigenvalue weighted by Crippen LogP contribution is -3.28. The Morgan fingerprint density at radius 1 is 1.03 bits per heavy atom. The number of rotatable bonds is 6. The average Bonchev–Trinajstić information content (AvgIpc) is 2.71. The van der Waals surface area contributed by atoms with Crippen molar-refractivity contribution < 1.29 is 27.8 Å². The number of carbonyl (C=O) groups is 1. The van der Waals surface area contributed by atoms with Crippen molar-refractivity contribution in [3.8, 4) is 0 Å². The minimum absolute atomic E-state index is 0.0778. The molecule has 0 aliphatic carbocycles. The molecule has 0 atom stereocenters. The summed E-state index contributed by atoms with van der Waals surface area (Å²) in [4.78, 5) is 14.8. The third-order valence-electron chi connectivity index (χ3n) is 5.31. The monoisotopic (exact) mass is 420 g/mol. The SMILES string of the molecule is Cc1ccc(C[NH+]2CC[NH+](CC(=O)N/N=C/c3ccccc3C(F)(F)F)CC2)cc1. The van der Waals surface area contributed by atoms with Crippen molar-refractivity contribution in [2.24, 2.45) is 5.10 Å². The normalized spacial score (nSPS) is 19.7. The van der Waals surface area contributed by atoms with E-state index in [4.69, 9.17) is 0 Å². The molecule has 0 saturated carbocycles. The van der Waals surface area contributed by atoms with Crippen LogP contribution in [-0.4, -0.2) is 44.8 Å². The summed E-state index contributed by atoms with van der Waals surface area (Å²) in [6.07, 6.45) is -3.42. The Hall–Kier alpha value is -2.71. The zero-order valence-corrected chi connectivity index (χ0v) is 16.9. The van der Waals surface area contributed by atoms with Crippen molar-refractivity contribution in [1.82, 2.24) is 5.43 Å². The molecule has 1 aliphatic rings. The van der Waals surface area contributed by atoms with Crippen LogP contribution in [0.1, 0.15) is 22.3 Å². The summed E-state index contributed by atoms with van der Waals surface area (Å²) in [5, 5.41) is 3.72. The number of aryl methyl sites for hydroxylation is 1. The molecule has 0 bridgehead atoms.